The fourth-order valence-electron chi connectivity index (χ4n) is 1.84. The molecule has 0 unspecified atom stereocenters. The first-order chi connectivity index (χ1) is 8.99. The van der Waals surface area contributed by atoms with E-state index in [1.165, 1.54) is 11.1 Å². The van der Waals surface area contributed by atoms with Crippen molar-refractivity contribution in [3.8, 4) is 0 Å². The summed E-state index contributed by atoms with van der Waals surface area (Å²) in [7, 11) is 0. The van der Waals surface area contributed by atoms with Crippen molar-refractivity contribution >= 4 is 5.57 Å². The Kier molecular flexibility index (Phi) is 6.82. The number of ether oxygens (including phenoxy) is 2. The minimum atomic E-state index is -0.168. The Balaban J connectivity index is 2.63. The Labute approximate surface area is 117 Å². The van der Waals surface area contributed by atoms with Gasteiger partial charge in [-0.2, -0.15) is 0 Å². The average molecular weight is 262 g/mol. The van der Waals surface area contributed by atoms with Gasteiger partial charge in [-0.25, -0.2) is 0 Å². The van der Waals surface area contributed by atoms with E-state index < -0.39 is 0 Å². The minimum absolute atomic E-state index is 0.168. The second-order valence-corrected chi connectivity index (χ2v) is 5.29. The first-order valence-corrected chi connectivity index (χ1v) is 7.02. The summed E-state index contributed by atoms with van der Waals surface area (Å²) < 4.78 is 11.6. The van der Waals surface area contributed by atoms with E-state index in [2.05, 4.69) is 37.3 Å². The zero-order valence-electron chi connectivity index (χ0n) is 12.7. The molecule has 1 aromatic carbocycles. The van der Waals surface area contributed by atoms with Crippen LogP contribution < -0.4 is 0 Å². The van der Waals surface area contributed by atoms with Crippen molar-refractivity contribution in [2.24, 2.45) is 0 Å². The van der Waals surface area contributed by atoms with E-state index in [9.17, 15) is 0 Å². The summed E-state index contributed by atoms with van der Waals surface area (Å²) in [5.74, 6) is 0. The lowest BCUT2D eigenvalue weighted by Gasteiger charge is -2.22. The molecule has 0 aliphatic heterocycles. The molecule has 0 heterocycles. The largest absolute Gasteiger partial charge is 0.350 e. The Morgan fingerprint density at radius 2 is 1.53 bits per heavy atom. The van der Waals surface area contributed by atoms with Crippen LogP contribution in [0.5, 0.6) is 0 Å². The van der Waals surface area contributed by atoms with Gasteiger partial charge in [-0.15, -0.1) is 0 Å². The lowest BCUT2D eigenvalue weighted by molar-refractivity contribution is -0.178. The van der Waals surface area contributed by atoms with Crippen molar-refractivity contribution in [3.05, 3.63) is 42.0 Å². The minimum Gasteiger partial charge on any atom is -0.350 e. The second-order valence-electron chi connectivity index (χ2n) is 5.29. The van der Waals surface area contributed by atoms with Crippen molar-refractivity contribution in [2.45, 2.75) is 59.5 Å². The molecule has 0 spiro atoms. The topological polar surface area (TPSA) is 18.5 Å². The zero-order valence-corrected chi connectivity index (χ0v) is 12.7. The van der Waals surface area contributed by atoms with Crippen molar-refractivity contribution < 1.29 is 9.47 Å². The fraction of sp³-hybridized carbons (Fsp3) is 0.529. The molecule has 0 amide bonds. The van der Waals surface area contributed by atoms with E-state index >= 15 is 0 Å². The van der Waals surface area contributed by atoms with Crippen LogP contribution in [0.2, 0.25) is 0 Å². The van der Waals surface area contributed by atoms with Gasteiger partial charge in [0.1, 0.15) is 0 Å². The van der Waals surface area contributed by atoms with Crippen molar-refractivity contribution in [1.82, 2.24) is 0 Å². The van der Waals surface area contributed by atoms with Crippen molar-refractivity contribution in [3.63, 3.8) is 0 Å². The molecule has 0 fully saturated rings. The highest BCUT2D eigenvalue weighted by molar-refractivity contribution is 5.63. The van der Waals surface area contributed by atoms with Crippen molar-refractivity contribution in [2.75, 3.05) is 0 Å². The molecule has 2 nitrogen and oxygen atoms in total. The van der Waals surface area contributed by atoms with Gasteiger partial charge < -0.3 is 9.47 Å². The molecule has 0 saturated heterocycles. The first kappa shape index (κ1) is 15.9. The number of benzene rings is 1. The van der Waals surface area contributed by atoms with E-state index in [1.807, 2.05) is 33.8 Å². The van der Waals surface area contributed by atoms with Gasteiger partial charge in [0.05, 0.1) is 12.2 Å². The number of rotatable bonds is 7. The molecule has 0 bridgehead atoms. The molecule has 2 heteroatoms. The number of allylic oxidation sites excluding steroid dienone is 1. The third-order valence-electron chi connectivity index (χ3n) is 2.69. The van der Waals surface area contributed by atoms with Gasteiger partial charge in [-0.1, -0.05) is 36.4 Å². The van der Waals surface area contributed by atoms with Gasteiger partial charge in [0.2, 0.25) is 0 Å². The molecule has 0 aromatic heterocycles. The molecule has 0 atom stereocenters. The summed E-state index contributed by atoms with van der Waals surface area (Å²) in [6, 6.07) is 10.4. The second kappa shape index (κ2) is 8.13. The third kappa shape index (κ3) is 6.55. The molecule has 1 aromatic rings. The first-order valence-electron chi connectivity index (χ1n) is 7.02. The average Bonchev–Trinajstić information content (AvgIpc) is 2.35. The predicted molar refractivity (Wildman–Crippen MR) is 80.9 cm³/mol. The van der Waals surface area contributed by atoms with Gasteiger partial charge in [-0.05, 0) is 45.8 Å². The van der Waals surface area contributed by atoms with Gasteiger partial charge in [-0.3, -0.25) is 0 Å². The third-order valence-corrected chi connectivity index (χ3v) is 2.69. The lowest BCUT2D eigenvalue weighted by atomic mass is 10.1. The molecule has 19 heavy (non-hydrogen) atoms. The highest BCUT2D eigenvalue weighted by Gasteiger charge is 2.12. The molecular formula is C17H26O2. The van der Waals surface area contributed by atoms with Crippen LogP contribution in [0.1, 0.15) is 46.6 Å². The van der Waals surface area contributed by atoms with Crippen LogP contribution in [0.15, 0.2) is 36.4 Å². The van der Waals surface area contributed by atoms with Crippen LogP contribution in [-0.2, 0) is 9.47 Å². The molecule has 0 N–H and O–H groups in total. The van der Waals surface area contributed by atoms with Gasteiger partial charge >= 0.3 is 0 Å². The van der Waals surface area contributed by atoms with Crippen LogP contribution in [0.4, 0.5) is 0 Å². The Morgan fingerprint density at radius 3 is 2.00 bits per heavy atom. The van der Waals surface area contributed by atoms with E-state index in [-0.39, 0.29) is 18.5 Å². The summed E-state index contributed by atoms with van der Waals surface area (Å²) in [5, 5.41) is 0. The maximum atomic E-state index is 5.78. The molecule has 1 rings (SSSR count). The highest BCUT2D eigenvalue weighted by Crippen LogP contribution is 2.16. The van der Waals surface area contributed by atoms with E-state index in [1.54, 1.807) is 0 Å². The summed E-state index contributed by atoms with van der Waals surface area (Å²) in [5.41, 5.74) is 2.50. The molecular weight excluding hydrogens is 236 g/mol. The monoisotopic (exact) mass is 262 g/mol. The smallest absolute Gasteiger partial charge is 0.161 e. The van der Waals surface area contributed by atoms with Crippen LogP contribution in [-0.4, -0.2) is 18.5 Å². The van der Waals surface area contributed by atoms with Crippen LogP contribution in [0, 0.1) is 0 Å². The normalized spacial score (nSPS) is 12.7. The standard InChI is InChI=1S/C17H26O2/c1-13(2)18-17(19-14(3)4)12-11-15(5)16-9-7-6-8-10-16/h6-11,13-14,17H,12H2,1-5H3/b15-11-. The number of hydrogen-bond donors (Lipinski definition) is 0. The Morgan fingerprint density at radius 1 is 1.00 bits per heavy atom. The van der Waals surface area contributed by atoms with Gasteiger partial charge in [0.25, 0.3) is 0 Å². The van der Waals surface area contributed by atoms with E-state index in [0.717, 1.165) is 6.42 Å². The molecule has 0 saturated carbocycles. The lowest BCUT2D eigenvalue weighted by Crippen LogP contribution is -2.24. The molecule has 106 valence electrons. The maximum Gasteiger partial charge on any atom is 0.161 e. The van der Waals surface area contributed by atoms with E-state index in [0.29, 0.717) is 0 Å². The summed E-state index contributed by atoms with van der Waals surface area (Å²) in [4.78, 5) is 0. The van der Waals surface area contributed by atoms with Gasteiger partial charge in [0, 0.05) is 6.42 Å². The van der Waals surface area contributed by atoms with Gasteiger partial charge in [0.15, 0.2) is 6.29 Å². The van der Waals surface area contributed by atoms with Crippen LogP contribution >= 0.6 is 0 Å². The van der Waals surface area contributed by atoms with Crippen LogP contribution in [0.25, 0.3) is 5.57 Å². The Bertz CT molecular complexity index is 370. The van der Waals surface area contributed by atoms with Crippen LogP contribution in [0.3, 0.4) is 0 Å². The highest BCUT2D eigenvalue weighted by atomic mass is 16.7. The fourth-order valence-corrected chi connectivity index (χ4v) is 1.84. The predicted octanol–water partition coefficient (Wildman–Crippen LogP) is 4.66. The van der Waals surface area contributed by atoms with Crippen molar-refractivity contribution in [1.29, 1.82) is 0 Å². The summed E-state index contributed by atoms with van der Waals surface area (Å²) in [6.07, 6.45) is 3.14. The molecule has 0 aliphatic carbocycles. The Hall–Kier alpha value is -1.12. The molecule has 0 aliphatic rings. The zero-order chi connectivity index (χ0) is 14.3. The number of hydrogen-bond acceptors (Lipinski definition) is 2. The summed E-state index contributed by atoms with van der Waals surface area (Å²) in [6.45, 7) is 10.3. The maximum absolute atomic E-state index is 5.78. The SMILES string of the molecule is C/C(=C/CC(OC(C)C)OC(C)C)c1ccccc1. The quantitative estimate of drug-likeness (QED) is 0.666. The molecule has 0 radical (unpaired) electrons. The summed E-state index contributed by atoms with van der Waals surface area (Å²) >= 11 is 0. The van der Waals surface area contributed by atoms with E-state index in [4.69, 9.17) is 9.47 Å².